The fourth-order valence-electron chi connectivity index (χ4n) is 1.17. The molecule has 0 heterocycles. The topological polar surface area (TPSA) is 41.1 Å². The van der Waals surface area contributed by atoms with Gasteiger partial charge in [0.05, 0.1) is 0 Å². The first-order valence-corrected chi connectivity index (χ1v) is 4.60. The minimum absolute atomic E-state index is 0.226. The van der Waals surface area contributed by atoms with Crippen molar-refractivity contribution in [2.75, 3.05) is 13.6 Å². The Labute approximate surface area is 73.9 Å². The summed E-state index contributed by atoms with van der Waals surface area (Å²) in [6.45, 7) is 4.90. The maximum absolute atomic E-state index is 11.3. The molecule has 0 radical (unpaired) electrons. The van der Waals surface area contributed by atoms with Gasteiger partial charge in [0.1, 0.15) is 0 Å². The Morgan fingerprint density at radius 1 is 1.67 bits per heavy atom. The van der Waals surface area contributed by atoms with E-state index in [4.69, 9.17) is 0 Å². The maximum atomic E-state index is 11.3. The Hall–Kier alpha value is -0.570. The highest BCUT2D eigenvalue weighted by Crippen LogP contribution is 2.37. The van der Waals surface area contributed by atoms with E-state index < -0.39 is 0 Å². The highest BCUT2D eigenvalue weighted by atomic mass is 16.2. The molecule has 3 atom stereocenters. The van der Waals surface area contributed by atoms with Crippen LogP contribution in [-0.2, 0) is 4.79 Å². The zero-order chi connectivity index (χ0) is 9.14. The van der Waals surface area contributed by atoms with Gasteiger partial charge < -0.3 is 10.6 Å². The van der Waals surface area contributed by atoms with Crippen molar-refractivity contribution < 1.29 is 4.79 Å². The van der Waals surface area contributed by atoms with Crippen molar-refractivity contribution in [2.24, 2.45) is 11.8 Å². The van der Waals surface area contributed by atoms with E-state index in [9.17, 15) is 4.79 Å². The fraction of sp³-hybridized carbons (Fsp3) is 0.889. The number of carbonyl (C=O) groups is 1. The van der Waals surface area contributed by atoms with Gasteiger partial charge in [0, 0.05) is 18.5 Å². The van der Waals surface area contributed by atoms with Gasteiger partial charge in [-0.15, -0.1) is 0 Å². The maximum Gasteiger partial charge on any atom is 0.223 e. The van der Waals surface area contributed by atoms with Crippen molar-refractivity contribution >= 4 is 5.91 Å². The lowest BCUT2D eigenvalue weighted by molar-refractivity contribution is -0.122. The van der Waals surface area contributed by atoms with Gasteiger partial charge in [0.15, 0.2) is 0 Å². The quantitative estimate of drug-likeness (QED) is 0.640. The summed E-state index contributed by atoms with van der Waals surface area (Å²) in [5.41, 5.74) is 0. The summed E-state index contributed by atoms with van der Waals surface area (Å²) in [4.78, 5) is 11.3. The lowest BCUT2D eigenvalue weighted by Crippen LogP contribution is -2.37. The SMILES string of the molecule is CNC(C)CNC(=O)C1CC1C. The third kappa shape index (κ3) is 2.48. The Bertz CT molecular complexity index is 170. The first-order valence-electron chi connectivity index (χ1n) is 4.60. The standard InChI is InChI=1S/C9H18N2O/c1-6-4-8(6)9(12)11-5-7(2)10-3/h6-8,10H,4-5H2,1-3H3,(H,11,12). The molecular weight excluding hydrogens is 152 g/mol. The summed E-state index contributed by atoms with van der Waals surface area (Å²) in [5.74, 6) is 1.13. The summed E-state index contributed by atoms with van der Waals surface area (Å²) in [6, 6.07) is 0.364. The lowest BCUT2D eigenvalue weighted by Gasteiger charge is -2.10. The smallest absolute Gasteiger partial charge is 0.223 e. The molecule has 1 amide bonds. The fourth-order valence-corrected chi connectivity index (χ4v) is 1.17. The number of amides is 1. The Balaban J connectivity index is 2.11. The largest absolute Gasteiger partial charge is 0.354 e. The Kier molecular flexibility index (Phi) is 3.09. The van der Waals surface area contributed by atoms with Gasteiger partial charge in [-0.1, -0.05) is 6.92 Å². The highest BCUT2D eigenvalue weighted by Gasteiger charge is 2.38. The third-order valence-corrected chi connectivity index (χ3v) is 2.52. The molecule has 2 N–H and O–H groups in total. The van der Waals surface area contributed by atoms with Crippen molar-refractivity contribution in [2.45, 2.75) is 26.3 Å². The van der Waals surface area contributed by atoms with Gasteiger partial charge in [-0.2, -0.15) is 0 Å². The van der Waals surface area contributed by atoms with Crippen LogP contribution in [0.4, 0.5) is 0 Å². The second-order valence-corrected chi connectivity index (χ2v) is 3.75. The van der Waals surface area contributed by atoms with Crippen LogP contribution in [0.25, 0.3) is 0 Å². The molecule has 1 rings (SSSR count). The summed E-state index contributed by atoms with van der Waals surface area (Å²) >= 11 is 0. The third-order valence-electron chi connectivity index (χ3n) is 2.52. The second kappa shape index (κ2) is 3.90. The normalized spacial score (nSPS) is 29.6. The predicted molar refractivity (Wildman–Crippen MR) is 48.8 cm³/mol. The first-order chi connectivity index (χ1) is 5.65. The number of nitrogens with one attached hydrogen (secondary N) is 2. The zero-order valence-corrected chi connectivity index (χ0v) is 8.05. The first kappa shape index (κ1) is 9.52. The van der Waals surface area contributed by atoms with E-state index in [-0.39, 0.29) is 5.91 Å². The number of rotatable bonds is 4. The van der Waals surface area contributed by atoms with Crippen molar-refractivity contribution in [3.63, 3.8) is 0 Å². The van der Waals surface area contributed by atoms with Crippen LogP contribution in [0.2, 0.25) is 0 Å². The van der Waals surface area contributed by atoms with Crippen LogP contribution < -0.4 is 10.6 Å². The monoisotopic (exact) mass is 170 g/mol. The van der Waals surface area contributed by atoms with E-state index in [1.807, 2.05) is 7.05 Å². The molecule has 1 saturated carbocycles. The molecule has 0 aromatic carbocycles. The minimum atomic E-state index is 0.226. The molecule has 0 aliphatic heterocycles. The lowest BCUT2D eigenvalue weighted by atomic mass is 10.3. The highest BCUT2D eigenvalue weighted by molar-refractivity contribution is 5.81. The molecule has 1 fully saturated rings. The molecule has 3 nitrogen and oxygen atoms in total. The molecular formula is C9H18N2O. The molecule has 12 heavy (non-hydrogen) atoms. The average molecular weight is 170 g/mol. The van der Waals surface area contributed by atoms with Gasteiger partial charge in [0.25, 0.3) is 0 Å². The zero-order valence-electron chi connectivity index (χ0n) is 8.05. The number of hydrogen-bond acceptors (Lipinski definition) is 2. The van der Waals surface area contributed by atoms with E-state index in [2.05, 4.69) is 24.5 Å². The van der Waals surface area contributed by atoms with Crippen LogP contribution in [0, 0.1) is 11.8 Å². The summed E-state index contributed by atoms with van der Waals surface area (Å²) in [6.07, 6.45) is 1.07. The summed E-state index contributed by atoms with van der Waals surface area (Å²) in [5, 5.41) is 6.00. The minimum Gasteiger partial charge on any atom is -0.354 e. The summed E-state index contributed by atoms with van der Waals surface area (Å²) in [7, 11) is 1.90. The van der Waals surface area contributed by atoms with Crippen LogP contribution in [0.1, 0.15) is 20.3 Å². The Morgan fingerprint density at radius 2 is 2.25 bits per heavy atom. The molecule has 70 valence electrons. The van der Waals surface area contributed by atoms with Crippen LogP contribution in [-0.4, -0.2) is 25.5 Å². The van der Waals surface area contributed by atoms with E-state index in [1.165, 1.54) is 0 Å². The van der Waals surface area contributed by atoms with Crippen LogP contribution in [0.15, 0.2) is 0 Å². The van der Waals surface area contributed by atoms with Gasteiger partial charge in [-0.3, -0.25) is 4.79 Å². The molecule has 0 spiro atoms. The van der Waals surface area contributed by atoms with E-state index in [0.29, 0.717) is 17.9 Å². The number of likely N-dealkylation sites (N-methyl/N-ethyl adjacent to an activating group) is 1. The van der Waals surface area contributed by atoms with Crippen LogP contribution >= 0.6 is 0 Å². The van der Waals surface area contributed by atoms with Gasteiger partial charge in [0.2, 0.25) is 5.91 Å². The van der Waals surface area contributed by atoms with E-state index >= 15 is 0 Å². The molecule has 0 aromatic heterocycles. The van der Waals surface area contributed by atoms with Gasteiger partial charge >= 0.3 is 0 Å². The molecule has 3 heteroatoms. The number of hydrogen-bond donors (Lipinski definition) is 2. The predicted octanol–water partition coefficient (Wildman–Crippen LogP) is 0.366. The van der Waals surface area contributed by atoms with Crippen LogP contribution in [0.3, 0.4) is 0 Å². The number of carbonyl (C=O) groups excluding carboxylic acids is 1. The van der Waals surface area contributed by atoms with Crippen molar-refractivity contribution in [3.05, 3.63) is 0 Å². The Morgan fingerprint density at radius 3 is 2.67 bits per heavy atom. The average Bonchev–Trinajstić information content (AvgIpc) is 2.77. The van der Waals surface area contributed by atoms with E-state index in [0.717, 1.165) is 13.0 Å². The molecule has 1 aliphatic rings. The summed E-state index contributed by atoms with van der Waals surface area (Å²) < 4.78 is 0. The van der Waals surface area contributed by atoms with E-state index in [1.54, 1.807) is 0 Å². The van der Waals surface area contributed by atoms with Crippen molar-refractivity contribution in [1.29, 1.82) is 0 Å². The molecule has 0 bridgehead atoms. The van der Waals surface area contributed by atoms with Crippen molar-refractivity contribution in [1.82, 2.24) is 10.6 Å². The molecule has 0 aromatic rings. The molecule has 3 unspecified atom stereocenters. The molecule has 1 aliphatic carbocycles. The van der Waals surface area contributed by atoms with Gasteiger partial charge in [-0.25, -0.2) is 0 Å². The second-order valence-electron chi connectivity index (χ2n) is 3.75. The van der Waals surface area contributed by atoms with Crippen LogP contribution in [0.5, 0.6) is 0 Å². The molecule has 0 saturated heterocycles. The van der Waals surface area contributed by atoms with Gasteiger partial charge in [-0.05, 0) is 26.3 Å². The van der Waals surface area contributed by atoms with Crippen molar-refractivity contribution in [3.8, 4) is 0 Å².